The first-order valence-corrected chi connectivity index (χ1v) is 8.85. The Morgan fingerprint density at radius 1 is 1.26 bits per heavy atom. The largest absolute Gasteiger partial charge is 0.440 e. The Kier molecular flexibility index (Phi) is 4.55. The van der Waals surface area contributed by atoms with E-state index in [1.54, 1.807) is 24.4 Å². The van der Waals surface area contributed by atoms with Crippen LogP contribution in [-0.2, 0) is 12.8 Å². The minimum Gasteiger partial charge on any atom is -0.440 e. The number of carbonyl (C=O) groups excluding carboxylic acids is 1. The monoisotopic (exact) mass is 380 g/mol. The van der Waals surface area contributed by atoms with Crippen LogP contribution in [0.25, 0.3) is 0 Å². The second-order valence-electron chi connectivity index (χ2n) is 6.14. The summed E-state index contributed by atoms with van der Waals surface area (Å²) in [4.78, 5) is 34.1. The maximum Gasteiger partial charge on any atom is 0.259 e. The second-order valence-corrected chi connectivity index (χ2v) is 6.55. The van der Waals surface area contributed by atoms with Crippen molar-refractivity contribution in [3.05, 3.63) is 80.1 Å². The van der Waals surface area contributed by atoms with Gasteiger partial charge in [0.15, 0.2) is 4.77 Å². The minimum absolute atomic E-state index is 0.180. The van der Waals surface area contributed by atoms with Crippen molar-refractivity contribution >= 4 is 18.1 Å². The molecule has 3 heterocycles. The zero-order valence-electron chi connectivity index (χ0n) is 14.2. The molecule has 27 heavy (non-hydrogen) atoms. The average molecular weight is 380 g/mol. The Balaban J connectivity index is 1.48. The van der Waals surface area contributed by atoms with Crippen molar-refractivity contribution in [2.75, 3.05) is 6.54 Å². The summed E-state index contributed by atoms with van der Waals surface area (Å²) in [6, 6.07) is 10.9. The Bertz CT molecular complexity index is 1120. The molecule has 0 fully saturated rings. The molecule has 3 aromatic rings. The predicted octanol–water partition coefficient (Wildman–Crippen LogP) is 2.50. The number of nitrogens with zero attached hydrogens (tertiary/aromatic N) is 1. The molecule has 8 heteroatoms. The molecule has 0 saturated heterocycles. The van der Waals surface area contributed by atoms with Crippen molar-refractivity contribution in [3.63, 3.8) is 0 Å². The van der Waals surface area contributed by atoms with Gasteiger partial charge in [-0.25, -0.2) is 0 Å². The van der Waals surface area contributed by atoms with Crippen LogP contribution in [0.5, 0.6) is 11.6 Å². The van der Waals surface area contributed by atoms with Gasteiger partial charge in [-0.1, -0.05) is 6.07 Å². The highest BCUT2D eigenvalue weighted by molar-refractivity contribution is 7.71. The standard InChI is InChI=1S/C19H16N4O3S/c24-16(21-8-6-13-3-1-2-7-20-13)11-4-5-15-12(9-11)10-14-17(25)22-19(27)23-18(14)26-15/h1-5,7,9H,6,8,10H2,(H,21,24)(H2,22,23,25,27). The van der Waals surface area contributed by atoms with Gasteiger partial charge in [-0.3, -0.25) is 19.6 Å². The number of benzene rings is 1. The fourth-order valence-electron chi connectivity index (χ4n) is 2.95. The van der Waals surface area contributed by atoms with Crippen molar-refractivity contribution in [1.82, 2.24) is 20.3 Å². The van der Waals surface area contributed by atoms with Crippen molar-refractivity contribution in [2.45, 2.75) is 12.8 Å². The van der Waals surface area contributed by atoms with Crippen molar-refractivity contribution in [1.29, 1.82) is 0 Å². The molecule has 1 amide bonds. The molecule has 1 aliphatic rings. The number of nitrogens with one attached hydrogen (secondary N) is 3. The number of H-pyrrole nitrogens is 2. The zero-order chi connectivity index (χ0) is 18.8. The number of rotatable bonds is 4. The van der Waals surface area contributed by atoms with Crippen LogP contribution in [0.15, 0.2) is 47.4 Å². The molecule has 1 aliphatic heterocycles. The number of hydrogen-bond donors (Lipinski definition) is 3. The smallest absolute Gasteiger partial charge is 0.259 e. The normalized spacial score (nSPS) is 11.9. The Labute approximate surface area is 159 Å². The number of pyridine rings is 1. The number of amides is 1. The summed E-state index contributed by atoms with van der Waals surface area (Å²) in [5.74, 6) is 0.772. The lowest BCUT2D eigenvalue weighted by atomic mass is 10.0. The van der Waals surface area contributed by atoms with E-state index in [0.29, 0.717) is 42.1 Å². The summed E-state index contributed by atoms with van der Waals surface area (Å²) in [7, 11) is 0. The number of fused-ring (bicyclic) bond motifs is 2. The maximum atomic E-state index is 12.4. The molecule has 0 radical (unpaired) electrons. The summed E-state index contributed by atoms with van der Waals surface area (Å²) in [6.07, 6.45) is 2.75. The quantitative estimate of drug-likeness (QED) is 0.473. The predicted molar refractivity (Wildman–Crippen MR) is 102 cm³/mol. The molecule has 0 atom stereocenters. The highest BCUT2D eigenvalue weighted by atomic mass is 32.1. The van der Waals surface area contributed by atoms with E-state index in [0.717, 1.165) is 11.3 Å². The molecule has 0 aliphatic carbocycles. The van der Waals surface area contributed by atoms with E-state index in [2.05, 4.69) is 20.3 Å². The third-order valence-electron chi connectivity index (χ3n) is 4.30. The fraction of sp³-hybridized carbons (Fsp3) is 0.158. The van der Waals surface area contributed by atoms with E-state index in [1.807, 2.05) is 18.2 Å². The van der Waals surface area contributed by atoms with Crippen LogP contribution in [0.3, 0.4) is 0 Å². The summed E-state index contributed by atoms with van der Waals surface area (Å²) in [6.45, 7) is 0.489. The first kappa shape index (κ1) is 17.2. The number of hydrogen-bond acceptors (Lipinski definition) is 5. The highest BCUT2D eigenvalue weighted by Crippen LogP contribution is 2.33. The number of aromatic nitrogens is 3. The van der Waals surface area contributed by atoms with Gasteiger partial charge >= 0.3 is 0 Å². The highest BCUT2D eigenvalue weighted by Gasteiger charge is 2.21. The molecule has 0 bridgehead atoms. The van der Waals surface area contributed by atoms with Gasteiger partial charge in [0, 0.05) is 42.4 Å². The van der Waals surface area contributed by atoms with E-state index in [4.69, 9.17) is 17.0 Å². The molecule has 7 nitrogen and oxygen atoms in total. The molecular formula is C19H16N4O3S. The maximum absolute atomic E-state index is 12.4. The Morgan fingerprint density at radius 3 is 2.96 bits per heavy atom. The summed E-state index contributed by atoms with van der Waals surface area (Å²) in [5, 5.41) is 2.88. The number of carbonyl (C=O) groups is 1. The molecule has 0 spiro atoms. The van der Waals surface area contributed by atoms with Gasteiger partial charge < -0.3 is 15.0 Å². The van der Waals surface area contributed by atoms with Crippen LogP contribution in [0.1, 0.15) is 27.2 Å². The van der Waals surface area contributed by atoms with E-state index < -0.39 is 0 Å². The minimum atomic E-state index is -0.287. The third-order valence-corrected chi connectivity index (χ3v) is 4.50. The summed E-state index contributed by atoms with van der Waals surface area (Å²) < 4.78 is 5.94. The molecule has 3 N–H and O–H groups in total. The molecular weight excluding hydrogens is 364 g/mol. The third kappa shape index (κ3) is 3.65. The lowest BCUT2D eigenvalue weighted by Crippen LogP contribution is -2.26. The first-order chi connectivity index (χ1) is 13.1. The van der Waals surface area contributed by atoms with Gasteiger partial charge in [0.2, 0.25) is 5.88 Å². The average Bonchev–Trinajstić information content (AvgIpc) is 2.67. The van der Waals surface area contributed by atoms with E-state index in [1.165, 1.54) is 0 Å². The van der Waals surface area contributed by atoms with Crippen LogP contribution in [0.2, 0.25) is 0 Å². The Hall–Kier alpha value is -3.26. The van der Waals surface area contributed by atoms with Crippen molar-refractivity contribution < 1.29 is 9.53 Å². The van der Waals surface area contributed by atoms with E-state index in [9.17, 15) is 9.59 Å². The van der Waals surface area contributed by atoms with Gasteiger partial charge in [-0.05, 0) is 42.5 Å². The van der Waals surface area contributed by atoms with Crippen LogP contribution < -0.4 is 15.6 Å². The van der Waals surface area contributed by atoms with E-state index in [-0.39, 0.29) is 16.2 Å². The number of ether oxygens (including phenoxy) is 1. The van der Waals surface area contributed by atoms with Gasteiger partial charge in [0.1, 0.15) is 5.75 Å². The van der Waals surface area contributed by atoms with Crippen molar-refractivity contribution in [3.8, 4) is 11.6 Å². The molecule has 0 saturated carbocycles. The van der Waals surface area contributed by atoms with Crippen LogP contribution in [0.4, 0.5) is 0 Å². The first-order valence-electron chi connectivity index (χ1n) is 8.44. The second kappa shape index (κ2) is 7.16. The molecule has 1 aromatic carbocycles. The SMILES string of the molecule is O=C(NCCc1ccccn1)c1ccc2c(c1)Cc1c([nH]c(=S)[nH]c1=O)O2. The van der Waals surface area contributed by atoms with Gasteiger partial charge in [0.05, 0.1) is 5.56 Å². The van der Waals surface area contributed by atoms with Gasteiger partial charge in [0.25, 0.3) is 11.5 Å². The van der Waals surface area contributed by atoms with Crippen LogP contribution in [0, 0.1) is 4.77 Å². The van der Waals surface area contributed by atoms with Gasteiger partial charge in [-0.2, -0.15) is 0 Å². The topological polar surface area (TPSA) is 99.9 Å². The van der Waals surface area contributed by atoms with E-state index >= 15 is 0 Å². The lowest BCUT2D eigenvalue weighted by molar-refractivity contribution is 0.0954. The summed E-state index contributed by atoms with van der Waals surface area (Å²) >= 11 is 4.97. The summed E-state index contributed by atoms with van der Waals surface area (Å²) in [5.41, 5.74) is 2.39. The lowest BCUT2D eigenvalue weighted by Gasteiger charge is -2.19. The zero-order valence-corrected chi connectivity index (χ0v) is 15.1. The van der Waals surface area contributed by atoms with Crippen molar-refractivity contribution in [2.24, 2.45) is 0 Å². The number of aromatic amines is 2. The molecule has 0 unspecified atom stereocenters. The Morgan fingerprint density at radius 2 is 2.15 bits per heavy atom. The van der Waals surface area contributed by atoms with Crippen LogP contribution in [-0.4, -0.2) is 27.4 Å². The fourth-order valence-corrected chi connectivity index (χ4v) is 3.14. The van der Waals surface area contributed by atoms with Gasteiger partial charge in [-0.15, -0.1) is 0 Å². The molecule has 4 rings (SSSR count). The molecule has 2 aromatic heterocycles. The molecule has 136 valence electrons. The van der Waals surface area contributed by atoms with Crippen LogP contribution >= 0.6 is 12.2 Å².